The fourth-order valence-corrected chi connectivity index (χ4v) is 1.95. The maximum Gasteiger partial charge on any atom is 0.165 e. The van der Waals surface area contributed by atoms with E-state index in [4.69, 9.17) is 4.74 Å². The van der Waals surface area contributed by atoms with Crippen molar-refractivity contribution < 1.29 is 13.9 Å². The van der Waals surface area contributed by atoms with Crippen LogP contribution in [-0.2, 0) is 7.05 Å². The monoisotopic (exact) mass is 235 g/mol. The summed E-state index contributed by atoms with van der Waals surface area (Å²) in [7, 11) is 3.25. The van der Waals surface area contributed by atoms with Gasteiger partial charge < -0.3 is 9.30 Å². The second kappa shape index (κ2) is 4.20. The highest BCUT2D eigenvalue weighted by atomic mass is 19.1. The van der Waals surface area contributed by atoms with Crippen molar-refractivity contribution in [1.29, 1.82) is 0 Å². The second-order valence-electron chi connectivity index (χ2n) is 3.93. The summed E-state index contributed by atoms with van der Waals surface area (Å²) >= 11 is 0. The molecule has 0 bridgehead atoms. The lowest BCUT2D eigenvalue weighted by Crippen LogP contribution is -1.95. The number of benzene rings is 1. The molecule has 0 N–H and O–H groups in total. The van der Waals surface area contributed by atoms with E-state index in [0.29, 0.717) is 17.4 Å². The molecule has 3 nitrogen and oxygen atoms in total. The van der Waals surface area contributed by atoms with Crippen molar-refractivity contribution in [3.8, 4) is 5.75 Å². The van der Waals surface area contributed by atoms with Crippen molar-refractivity contribution >= 4 is 16.7 Å². The third-order valence-corrected chi connectivity index (χ3v) is 2.88. The molecular formula is C13H14FNO2. The molecule has 0 radical (unpaired) electrons. The number of carbonyl (C=O) groups excluding carboxylic acids is 1. The lowest BCUT2D eigenvalue weighted by atomic mass is 10.1. The van der Waals surface area contributed by atoms with Crippen LogP contribution in [0.4, 0.5) is 4.39 Å². The van der Waals surface area contributed by atoms with Gasteiger partial charge in [0.15, 0.2) is 17.3 Å². The van der Waals surface area contributed by atoms with Gasteiger partial charge in [-0.3, -0.25) is 4.79 Å². The maximum absolute atomic E-state index is 13.6. The van der Waals surface area contributed by atoms with Crippen LogP contribution in [0.2, 0.25) is 0 Å². The molecule has 0 saturated heterocycles. The first kappa shape index (κ1) is 11.6. The summed E-state index contributed by atoms with van der Waals surface area (Å²) in [6, 6.07) is 2.97. The number of aromatic nitrogens is 1. The van der Waals surface area contributed by atoms with Gasteiger partial charge >= 0.3 is 0 Å². The molecule has 2 rings (SSSR count). The molecule has 0 saturated carbocycles. The molecule has 0 atom stereocenters. The predicted molar refractivity (Wildman–Crippen MR) is 64.1 cm³/mol. The van der Waals surface area contributed by atoms with E-state index in [0.717, 1.165) is 5.52 Å². The lowest BCUT2D eigenvalue weighted by molar-refractivity contribution is 0.0989. The Morgan fingerprint density at radius 1 is 1.47 bits per heavy atom. The number of ether oxygens (including phenoxy) is 1. The minimum Gasteiger partial charge on any atom is -0.494 e. The summed E-state index contributed by atoms with van der Waals surface area (Å²) in [5.41, 5.74) is 1.35. The molecule has 17 heavy (non-hydrogen) atoms. The summed E-state index contributed by atoms with van der Waals surface area (Å²) in [4.78, 5) is 11.7. The molecule has 1 heterocycles. The topological polar surface area (TPSA) is 31.2 Å². The van der Waals surface area contributed by atoms with E-state index in [2.05, 4.69) is 0 Å². The second-order valence-corrected chi connectivity index (χ2v) is 3.93. The Morgan fingerprint density at radius 2 is 2.18 bits per heavy atom. The van der Waals surface area contributed by atoms with Crippen molar-refractivity contribution in [1.82, 2.24) is 4.57 Å². The molecule has 0 aliphatic rings. The van der Waals surface area contributed by atoms with E-state index >= 15 is 0 Å². The van der Waals surface area contributed by atoms with E-state index in [1.54, 1.807) is 23.8 Å². The highest BCUT2D eigenvalue weighted by Crippen LogP contribution is 2.28. The van der Waals surface area contributed by atoms with Crippen LogP contribution in [-0.4, -0.2) is 17.5 Å². The Labute approximate surface area is 98.8 Å². The van der Waals surface area contributed by atoms with Crippen molar-refractivity contribution in [2.45, 2.75) is 13.3 Å². The van der Waals surface area contributed by atoms with E-state index < -0.39 is 5.82 Å². The van der Waals surface area contributed by atoms with Crippen LogP contribution in [0.1, 0.15) is 23.7 Å². The third kappa shape index (κ3) is 1.79. The van der Waals surface area contributed by atoms with Gasteiger partial charge in [0, 0.05) is 36.7 Å². The number of rotatable bonds is 3. The minimum atomic E-state index is -0.448. The average Bonchev–Trinajstić information content (AvgIpc) is 2.64. The zero-order valence-electron chi connectivity index (χ0n) is 10.1. The zero-order valence-corrected chi connectivity index (χ0v) is 10.1. The molecule has 1 aromatic heterocycles. The molecule has 4 heteroatoms. The summed E-state index contributed by atoms with van der Waals surface area (Å²) in [5.74, 6) is -0.245. The van der Waals surface area contributed by atoms with Crippen LogP contribution >= 0.6 is 0 Å². The number of fused-ring (bicyclic) bond motifs is 1. The quantitative estimate of drug-likeness (QED) is 0.766. The Balaban J connectivity index is 2.74. The van der Waals surface area contributed by atoms with Gasteiger partial charge in [-0.15, -0.1) is 0 Å². The summed E-state index contributed by atoms with van der Waals surface area (Å²) in [6.07, 6.45) is 2.14. The molecule has 0 amide bonds. The highest BCUT2D eigenvalue weighted by molar-refractivity contribution is 6.08. The van der Waals surface area contributed by atoms with Crippen LogP contribution < -0.4 is 4.74 Å². The predicted octanol–water partition coefficient (Wildman–Crippen LogP) is 2.92. The first-order valence-electron chi connectivity index (χ1n) is 5.44. The van der Waals surface area contributed by atoms with E-state index in [9.17, 15) is 9.18 Å². The fraction of sp³-hybridized carbons (Fsp3) is 0.308. The minimum absolute atomic E-state index is 0.0140. The number of aryl methyl sites for hydroxylation is 1. The summed E-state index contributed by atoms with van der Waals surface area (Å²) < 4.78 is 20.4. The smallest absolute Gasteiger partial charge is 0.165 e. The molecule has 2 aromatic rings. The Hall–Kier alpha value is -1.84. The maximum atomic E-state index is 13.6. The Morgan fingerprint density at radius 3 is 2.76 bits per heavy atom. The van der Waals surface area contributed by atoms with E-state index in [1.807, 2.05) is 7.05 Å². The third-order valence-electron chi connectivity index (χ3n) is 2.88. The van der Waals surface area contributed by atoms with Crippen LogP contribution in [0.3, 0.4) is 0 Å². The van der Waals surface area contributed by atoms with Crippen molar-refractivity contribution in [2.24, 2.45) is 7.05 Å². The largest absolute Gasteiger partial charge is 0.494 e. The van der Waals surface area contributed by atoms with Gasteiger partial charge in [0.1, 0.15) is 0 Å². The highest BCUT2D eigenvalue weighted by Gasteiger charge is 2.15. The number of methoxy groups -OCH3 is 1. The number of ketones is 1. The number of nitrogens with zero attached hydrogens (tertiary/aromatic N) is 1. The number of hydrogen-bond acceptors (Lipinski definition) is 2. The molecule has 90 valence electrons. The average molecular weight is 235 g/mol. The Kier molecular flexibility index (Phi) is 2.88. The van der Waals surface area contributed by atoms with Gasteiger partial charge in [0.05, 0.1) is 12.6 Å². The van der Waals surface area contributed by atoms with Crippen molar-refractivity contribution in [3.63, 3.8) is 0 Å². The number of halogens is 1. The SMILES string of the molecule is CCC(=O)c1cn(C)c2cc(OC)c(F)cc12. The van der Waals surface area contributed by atoms with Crippen LogP contribution in [0.5, 0.6) is 5.75 Å². The van der Waals surface area contributed by atoms with E-state index in [1.165, 1.54) is 13.2 Å². The molecule has 1 aromatic carbocycles. The zero-order chi connectivity index (χ0) is 12.6. The van der Waals surface area contributed by atoms with Gasteiger partial charge in [-0.25, -0.2) is 4.39 Å². The van der Waals surface area contributed by atoms with Crippen LogP contribution in [0, 0.1) is 5.82 Å². The number of carbonyl (C=O) groups is 1. The molecule has 0 unspecified atom stereocenters. The molecule has 0 spiro atoms. The lowest BCUT2D eigenvalue weighted by Gasteiger charge is -2.03. The number of Topliss-reactive ketones (excluding diaryl/α,β-unsaturated/α-hetero) is 1. The van der Waals surface area contributed by atoms with Crippen LogP contribution in [0.25, 0.3) is 10.9 Å². The number of hydrogen-bond donors (Lipinski definition) is 0. The van der Waals surface area contributed by atoms with Crippen LogP contribution in [0.15, 0.2) is 18.3 Å². The molecule has 0 aliphatic heterocycles. The molecule has 0 fully saturated rings. The van der Waals surface area contributed by atoms with Crippen molar-refractivity contribution in [2.75, 3.05) is 7.11 Å². The molecule has 0 aliphatic carbocycles. The van der Waals surface area contributed by atoms with Gasteiger partial charge in [0.2, 0.25) is 0 Å². The van der Waals surface area contributed by atoms with Gasteiger partial charge in [-0.2, -0.15) is 0 Å². The summed E-state index contributed by atoms with van der Waals surface area (Å²) in [5, 5.41) is 0.637. The summed E-state index contributed by atoms with van der Waals surface area (Å²) in [6.45, 7) is 1.79. The Bertz CT molecular complexity index is 587. The van der Waals surface area contributed by atoms with Gasteiger partial charge in [0.25, 0.3) is 0 Å². The molecular weight excluding hydrogens is 221 g/mol. The standard InChI is InChI=1S/C13H14FNO2/c1-4-12(16)9-7-15(2)11-6-13(17-3)10(14)5-8(9)11/h5-7H,4H2,1-3H3. The first-order valence-corrected chi connectivity index (χ1v) is 5.44. The van der Waals surface area contributed by atoms with E-state index in [-0.39, 0.29) is 11.5 Å². The fourth-order valence-electron chi connectivity index (χ4n) is 1.95. The van der Waals surface area contributed by atoms with Gasteiger partial charge in [-0.05, 0) is 6.07 Å². The normalized spacial score (nSPS) is 10.8. The van der Waals surface area contributed by atoms with Gasteiger partial charge in [-0.1, -0.05) is 6.92 Å². The van der Waals surface area contributed by atoms with Crippen molar-refractivity contribution in [3.05, 3.63) is 29.7 Å². The first-order chi connectivity index (χ1) is 8.08.